The molecule has 2 fully saturated rings. The largest absolute Gasteiger partial charge is 0.497 e. The van der Waals surface area contributed by atoms with Gasteiger partial charge in [-0.25, -0.2) is 9.78 Å². The van der Waals surface area contributed by atoms with E-state index in [1.807, 2.05) is 0 Å². The normalized spacial score (nSPS) is 24.1. The molecule has 2 saturated heterocycles. The van der Waals surface area contributed by atoms with E-state index < -0.39 is 23.7 Å². The van der Waals surface area contributed by atoms with Crippen LogP contribution in [0.3, 0.4) is 0 Å². The maximum atomic E-state index is 13.1. The van der Waals surface area contributed by atoms with E-state index in [1.54, 1.807) is 35.2 Å². The van der Waals surface area contributed by atoms with Gasteiger partial charge in [0.25, 0.3) is 11.8 Å². The minimum Gasteiger partial charge on any atom is -0.497 e. The number of carbonyl (C=O) groups excluding carboxylic acids is 3. The molecule has 3 aliphatic rings. The highest BCUT2D eigenvalue weighted by atomic mass is 16.5. The van der Waals surface area contributed by atoms with Crippen LogP contribution in [0.4, 0.5) is 10.6 Å². The molecular formula is C26H27N5O7. The number of benzene rings is 1. The second kappa shape index (κ2) is 9.85. The van der Waals surface area contributed by atoms with E-state index >= 15 is 0 Å². The molecule has 3 atom stereocenters. The standard InChI is InChI=1S/C26H27N5O7/c1-37-17-5-3-15-12-30(23(34)18(15)11-17)14-26(24(35)28-25(36)29-26)10-9-19-20(38-2)6-7-21(27-19)31-16(13-32)4-8-22(31)33/h3,5-7,11,16,22,32-33H,4,8,12-14H2,1-2H3,(H2,28,29,35,36). The summed E-state index contributed by atoms with van der Waals surface area (Å²) in [6.45, 7) is -0.122. The van der Waals surface area contributed by atoms with Crippen LogP contribution in [0.5, 0.6) is 11.5 Å². The van der Waals surface area contributed by atoms with Gasteiger partial charge in [-0.15, -0.1) is 0 Å². The van der Waals surface area contributed by atoms with E-state index in [4.69, 9.17) is 9.47 Å². The smallest absolute Gasteiger partial charge is 0.323 e. The van der Waals surface area contributed by atoms with E-state index in [0.29, 0.717) is 35.7 Å². The number of carbonyl (C=O) groups is 3. The highest BCUT2D eigenvalue weighted by molar-refractivity contribution is 6.10. The van der Waals surface area contributed by atoms with Crippen molar-refractivity contribution in [2.24, 2.45) is 0 Å². The molecular weight excluding hydrogens is 494 g/mol. The SMILES string of the molecule is COc1ccc2c(c1)C(=O)N(CC1(C#Cc3nc(N4C(O)CCC4CO)ccc3OC)NC(=O)NC1=O)C2. The van der Waals surface area contributed by atoms with Gasteiger partial charge in [0.1, 0.15) is 17.8 Å². The number of pyridine rings is 1. The number of aliphatic hydroxyl groups is 2. The highest BCUT2D eigenvalue weighted by Crippen LogP contribution is 2.31. The summed E-state index contributed by atoms with van der Waals surface area (Å²) >= 11 is 0. The van der Waals surface area contributed by atoms with Gasteiger partial charge < -0.3 is 34.8 Å². The van der Waals surface area contributed by atoms with Gasteiger partial charge in [0.05, 0.1) is 33.4 Å². The number of methoxy groups -OCH3 is 2. The quantitative estimate of drug-likeness (QED) is 0.303. The molecule has 4 heterocycles. The van der Waals surface area contributed by atoms with E-state index in [1.165, 1.54) is 19.1 Å². The van der Waals surface area contributed by atoms with Gasteiger partial charge in [-0.2, -0.15) is 0 Å². The van der Waals surface area contributed by atoms with Crippen molar-refractivity contribution in [1.29, 1.82) is 0 Å². The number of hydrogen-bond acceptors (Lipinski definition) is 9. The van der Waals surface area contributed by atoms with Crippen LogP contribution in [0.1, 0.15) is 34.5 Å². The summed E-state index contributed by atoms with van der Waals surface area (Å²) < 4.78 is 10.6. The predicted octanol–water partition coefficient (Wildman–Crippen LogP) is -0.0360. The lowest BCUT2D eigenvalue weighted by Gasteiger charge is -2.28. The average molecular weight is 522 g/mol. The Morgan fingerprint density at radius 2 is 1.97 bits per heavy atom. The zero-order valence-corrected chi connectivity index (χ0v) is 20.9. The van der Waals surface area contributed by atoms with Crippen molar-refractivity contribution >= 4 is 23.7 Å². The number of ether oxygens (including phenoxy) is 2. The summed E-state index contributed by atoms with van der Waals surface area (Å²) in [6, 6.07) is 7.41. The summed E-state index contributed by atoms with van der Waals surface area (Å²) in [6.07, 6.45) is 0.259. The van der Waals surface area contributed by atoms with Gasteiger partial charge in [-0.1, -0.05) is 12.0 Å². The third-order valence-electron chi connectivity index (χ3n) is 6.97. The summed E-state index contributed by atoms with van der Waals surface area (Å²) in [5.41, 5.74) is -0.351. The van der Waals surface area contributed by atoms with Gasteiger partial charge >= 0.3 is 6.03 Å². The Morgan fingerprint density at radius 3 is 2.66 bits per heavy atom. The maximum absolute atomic E-state index is 13.1. The number of amides is 4. The molecule has 1 aromatic carbocycles. The lowest BCUT2D eigenvalue weighted by atomic mass is 9.99. The highest BCUT2D eigenvalue weighted by Gasteiger charge is 2.48. The number of aromatic nitrogens is 1. The maximum Gasteiger partial charge on any atom is 0.323 e. The van der Waals surface area contributed by atoms with Crippen LogP contribution in [0.2, 0.25) is 0 Å². The number of nitrogens with zero attached hydrogens (tertiary/aromatic N) is 3. The molecule has 4 N–H and O–H groups in total. The first-order valence-electron chi connectivity index (χ1n) is 12.0. The van der Waals surface area contributed by atoms with E-state index in [0.717, 1.165) is 5.56 Å². The van der Waals surface area contributed by atoms with Crippen LogP contribution >= 0.6 is 0 Å². The Balaban J connectivity index is 1.48. The van der Waals surface area contributed by atoms with Gasteiger partial charge in [0.2, 0.25) is 5.54 Å². The van der Waals surface area contributed by atoms with Crippen LogP contribution in [0.15, 0.2) is 30.3 Å². The molecule has 3 aliphatic heterocycles. The van der Waals surface area contributed by atoms with Gasteiger partial charge in [0, 0.05) is 12.1 Å². The van der Waals surface area contributed by atoms with Crippen LogP contribution in [-0.2, 0) is 11.3 Å². The van der Waals surface area contributed by atoms with Crippen molar-refractivity contribution in [2.45, 2.75) is 37.2 Å². The van der Waals surface area contributed by atoms with Crippen molar-refractivity contribution < 1.29 is 34.1 Å². The minimum atomic E-state index is -1.73. The third kappa shape index (κ3) is 4.36. The minimum absolute atomic E-state index is 0.154. The molecule has 3 unspecified atom stereocenters. The lowest BCUT2D eigenvalue weighted by Crippen LogP contribution is -2.54. The molecule has 5 rings (SSSR count). The van der Waals surface area contributed by atoms with Crippen molar-refractivity contribution in [3.8, 4) is 23.3 Å². The summed E-state index contributed by atoms with van der Waals surface area (Å²) in [7, 11) is 2.95. The molecule has 198 valence electrons. The Bertz CT molecular complexity index is 1370. The fraction of sp³-hybridized carbons (Fsp3) is 0.385. The summed E-state index contributed by atoms with van der Waals surface area (Å²) in [4.78, 5) is 45.9. The second-order valence-corrected chi connectivity index (χ2v) is 9.27. The summed E-state index contributed by atoms with van der Waals surface area (Å²) in [5.74, 6) is 5.90. The molecule has 0 spiro atoms. The summed E-state index contributed by atoms with van der Waals surface area (Å²) in [5, 5.41) is 24.9. The van der Waals surface area contributed by atoms with Gasteiger partial charge in [0.15, 0.2) is 11.4 Å². The van der Waals surface area contributed by atoms with Crippen molar-refractivity contribution in [3.63, 3.8) is 0 Å². The van der Waals surface area contributed by atoms with Crippen LogP contribution in [0, 0.1) is 11.8 Å². The zero-order valence-electron chi connectivity index (χ0n) is 20.9. The number of aliphatic hydroxyl groups excluding tert-OH is 2. The molecule has 0 radical (unpaired) electrons. The Labute approximate surface area is 218 Å². The van der Waals surface area contributed by atoms with Crippen molar-refractivity contribution in [2.75, 3.05) is 32.3 Å². The molecule has 1 aromatic heterocycles. The number of rotatable bonds is 6. The van der Waals surface area contributed by atoms with E-state index in [9.17, 15) is 24.6 Å². The Kier molecular flexibility index (Phi) is 6.56. The van der Waals surface area contributed by atoms with Crippen molar-refractivity contribution in [1.82, 2.24) is 20.5 Å². The number of hydrogen-bond donors (Lipinski definition) is 4. The first-order chi connectivity index (χ1) is 18.3. The van der Waals surface area contributed by atoms with Crippen LogP contribution < -0.4 is 25.0 Å². The van der Waals surface area contributed by atoms with E-state index in [2.05, 4.69) is 27.5 Å². The molecule has 38 heavy (non-hydrogen) atoms. The number of imide groups is 1. The molecule has 2 aromatic rings. The Hall–Kier alpha value is -4.34. The topological polar surface area (TPSA) is 154 Å². The molecule has 12 heteroatoms. The predicted molar refractivity (Wildman–Crippen MR) is 133 cm³/mol. The lowest BCUT2D eigenvalue weighted by molar-refractivity contribution is -0.122. The first kappa shape index (κ1) is 25.3. The molecule has 4 amide bonds. The Morgan fingerprint density at radius 1 is 1.16 bits per heavy atom. The molecule has 0 aliphatic carbocycles. The van der Waals surface area contributed by atoms with Crippen LogP contribution in [0.25, 0.3) is 0 Å². The molecule has 0 saturated carbocycles. The van der Waals surface area contributed by atoms with Crippen molar-refractivity contribution in [3.05, 3.63) is 47.2 Å². The number of anilines is 1. The fourth-order valence-corrected chi connectivity index (χ4v) is 4.99. The molecule has 0 bridgehead atoms. The third-order valence-corrected chi connectivity index (χ3v) is 6.97. The first-order valence-corrected chi connectivity index (χ1v) is 12.0. The average Bonchev–Trinajstić information content (AvgIpc) is 3.54. The van der Waals surface area contributed by atoms with Gasteiger partial charge in [-0.3, -0.25) is 14.9 Å². The van der Waals surface area contributed by atoms with Gasteiger partial charge in [-0.05, 0) is 48.6 Å². The molecule has 12 nitrogen and oxygen atoms in total. The second-order valence-electron chi connectivity index (χ2n) is 9.27. The fourth-order valence-electron chi connectivity index (χ4n) is 4.99. The van der Waals surface area contributed by atoms with E-state index in [-0.39, 0.29) is 37.3 Å². The van der Waals surface area contributed by atoms with Crippen LogP contribution in [-0.4, -0.2) is 83.1 Å². The zero-order chi connectivity index (χ0) is 27.0. The number of fused-ring (bicyclic) bond motifs is 1. The number of nitrogens with one attached hydrogen (secondary N) is 2. The number of urea groups is 1. The monoisotopic (exact) mass is 521 g/mol.